The van der Waals surface area contributed by atoms with Gasteiger partial charge in [0.1, 0.15) is 0 Å². The predicted octanol–water partition coefficient (Wildman–Crippen LogP) is 1.37. The summed E-state index contributed by atoms with van der Waals surface area (Å²) in [4.78, 5) is 0. The molecule has 0 saturated heterocycles. The van der Waals surface area contributed by atoms with Crippen LogP contribution in [-0.4, -0.2) is 11.2 Å². The summed E-state index contributed by atoms with van der Waals surface area (Å²) in [5.74, 6) is -0.748. The third-order valence-corrected chi connectivity index (χ3v) is 1.60. The third kappa shape index (κ3) is 0.968. The Hall–Kier alpha value is -0.180. The molecule has 1 nitrogen and oxygen atoms in total. The molecule has 0 amide bonds. The van der Waals surface area contributed by atoms with Crippen LogP contribution in [0.2, 0.25) is 0 Å². The topological polar surface area (TPSA) is 20.2 Å². The molecule has 0 bridgehead atoms. The van der Waals surface area contributed by atoms with E-state index in [1.807, 2.05) is 0 Å². The maximum atomic E-state index is 11.7. The zero-order chi connectivity index (χ0) is 6.20. The highest BCUT2D eigenvalue weighted by Crippen LogP contribution is 2.37. The van der Waals surface area contributed by atoms with Crippen LogP contribution in [0.25, 0.3) is 0 Å². The lowest BCUT2D eigenvalue weighted by molar-refractivity contribution is -0.252. The molecular formula is C5H8F2O. The van der Waals surface area contributed by atoms with Crippen molar-refractivity contribution >= 4 is 0 Å². The van der Waals surface area contributed by atoms with Crippen molar-refractivity contribution in [2.24, 2.45) is 5.92 Å². The van der Waals surface area contributed by atoms with Crippen molar-refractivity contribution in [2.45, 2.75) is 25.4 Å². The Morgan fingerprint density at radius 2 is 1.88 bits per heavy atom. The molecule has 0 aromatic rings. The van der Waals surface area contributed by atoms with Gasteiger partial charge in [0.15, 0.2) is 0 Å². The zero-order valence-corrected chi connectivity index (χ0v) is 4.40. The highest BCUT2D eigenvalue weighted by Gasteiger charge is 2.40. The summed E-state index contributed by atoms with van der Waals surface area (Å²) in [6.45, 7) is 0. The van der Waals surface area contributed by atoms with E-state index in [1.54, 1.807) is 0 Å². The van der Waals surface area contributed by atoms with Crippen LogP contribution in [0, 0.1) is 5.92 Å². The van der Waals surface area contributed by atoms with Gasteiger partial charge < -0.3 is 5.11 Å². The summed E-state index contributed by atoms with van der Waals surface area (Å²) < 4.78 is 23.4. The second kappa shape index (κ2) is 1.65. The van der Waals surface area contributed by atoms with Crippen LogP contribution in [0.4, 0.5) is 8.78 Å². The second-order valence-electron chi connectivity index (χ2n) is 2.22. The van der Waals surface area contributed by atoms with Gasteiger partial charge in [-0.1, -0.05) is 6.42 Å². The number of hydrogen-bond acceptors (Lipinski definition) is 1. The number of alkyl halides is 2. The van der Waals surface area contributed by atoms with Gasteiger partial charge in [-0.25, -0.2) is 0 Å². The molecule has 0 aromatic carbocycles. The van der Waals surface area contributed by atoms with E-state index < -0.39 is 12.0 Å². The molecule has 0 radical (unpaired) electrons. The normalized spacial score (nSPS) is 22.9. The van der Waals surface area contributed by atoms with Crippen LogP contribution in [0.3, 0.4) is 0 Å². The van der Waals surface area contributed by atoms with E-state index in [1.165, 1.54) is 0 Å². The number of aliphatic hydroxyl groups is 1. The predicted molar refractivity (Wildman–Crippen MR) is 24.5 cm³/mol. The van der Waals surface area contributed by atoms with E-state index in [-0.39, 0.29) is 0 Å². The number of halogens is 2. The SMILES string of the molecule is OC(F)(F)C1CCC1. The molecule has 1 saturated carbocycles. The lowest BCUT2D eigenvalue weighted by Crippen LogP contribution is -2.32. The van der Waals surface area contributed by atoms with E-state index in [9.17, 15) is 8.78 Å². The minimum atomic E-state index is -3.40. The molecule has 8 heavy (non-hydrogen) atoms. The van der Waals surface area contributed by atoms with Gasteiger partial charge in [0.2, 0.25) is 0 Å². The fourth-order valence-electron chi connectivity index (χ4n) is 0.756. The minimum absolute atomic E-state index is 0.476. The van der Waals surface area contributed by atoms with Gasteiger partial charge in [-0.05, 0) is 12.8 Å². The van der Waals surface area contributed by atoms with Crippen molar-refractivity contribution in [3.05, 3.63) is 0 Å². The fraction of sp³-hybridized carbons (Fsp3) is 1.00. The average Bonchev–Trinajstić information content (AvgIpc) is 1.16. The monoisotopic (exact) mass is 122 g/mol. The van der Waals surface area contributed by atoms with E-state index in [0.717, 1.165) is 6.42 Å². The molecule has 0 aliphatic heterocycles. The van der Waals surface area contributed by atoms with Crippen LogP contribution < -0.4 is 0 Å². The van der Waals surface area contributed by atoms with Gasteiger partial charge >= 0.3 is 6.11 Å². The summed E-state index contributed by atoms with van der Waals surface area (Å²) >= 11 is 0. The second-order valence-corrected chi connectivity index (χ2v) is 2.22. The summed E-state index contributed by atoms with van der Waals surface area (Å²) in [5, 5.41) is 8.00. The fourth-order valence-corrected chi connectivity index (χ4v) is 0.756. The maximum absolute atomic E-state index is 11.7. The van der Waals surface area contributed by atoms with Crippen molar-refractivity contribution in [1.29, 1.82) is 0 Å². The smallest absolute Gasteiger partial charge is 0.336 e. The molecule has 0 heterocycles. The average molecular weight is 122 g/mol. The van der Waals surface area contributed by atoms with E-state index in [4.69, 9.17) is 5.11 Å². The van der Waals surface area contributed by atoms with E-state index in [2.05, 4.69) is 0 Å². The summed E-state index contributed by atoms with van der Waals surface area (Å²) in [6, 6.07) is 0. The van der Waals surface area contributed by atoms with Crippen LogP contribution in [0.1, 0.15) is 19.3 Å². The Labute approximate surface area is 46.3 Å². The molecule has 1 rings (SSSR count). The lowest BCUT2D eigenvalue weighted by Gasteiger charge is -2.28. The summed E-state index contributed by atoms with van der Waals surface area (Å²) in [5.41, 5.74) is 0. The number of hydrogen-bond donors (Lipinski definition) is 1. The molecule has 0 aromatic heterocycles. The zero-order valence-electron chi connectivity index (χ0n) is 4.40. The molecule has 0 unspecified atom stereocenters. The van der Waals surface area contributed by atoms with Crippen molar-refractivity contribution in [2.75, 3.05) is 0 Å². The minimum Gasteiger partial charge on any atom is -0.336 e. The molecule has 0 spiro atoms. The third-order valence-electron chi connectivity index (χ3n) is 1.60. The molecule has 1 aliphatic carbocycles. The first-order valence-corrected chi connectivity index (χ1v) is 2.71. The Bertz CT molecular complexity index is 82.9. The highest BCUT2D eigenvalue weighted by molar-refractivity contribution is 4.75. The first-order chi connectivity index (χ1) is 3.61. The van der Waals surface area contributed by atoms with Crippen LogP contribution >= 0.6 is 0 Å². The Kier molecular flexibility index (Phi) is 1.23. The van der Waals surface area contributed by atoms with Crippen LogP contribution in [-0.2, 0) is 0 Å². The van der Waals surface area contributed by atoms with Gasteiger partial charge in [0.25, 0.3) is 0 Å². The Morgan fingerprint density at radius 1 is 1.38 bits per heavy atom. The van der Waals surface area contributed by atoms with Gasteiger partial charge in [0.05, 0.1) is 5.92 Å². The van der Waals surface area contributed by atoms with Crippen molar-refractivity contribution in [3.8, 4) is 0 Å². The molecule has 0 atom stereocenters. The van der Waals surface area contributed by atoms with Gasteiger partial charge in [0, 0.05) is 0 Å². The van der Waals surface area contributed by atoms with Crippen LogP contribution in [0.5, 0.6) is 0 Å². The standard InChI is InChI=1S/C5H8F2O/c6-5(7,8)4-2-1-3-4/h4,8H,1-3H2. The molecule has 48 valence electrons. The largest absolute Gasteiger partial charge is 0.356 e. The molecule has 1 N–H and O–H groups in total. The van der Waals surface area contributed by atoms with Crippen LogP contribution in [0.15, 0.2) is 0 Å². The van der Waals surface area contributed by atoms with Gasteiger partial charge in [-0.15, -0.1) is 0 Å². The van der Waals surface area contributed by atoms with Gasteiger partial charge in [-0.2, -0.15) is 8.78 Å². The maximum Gasteiger partial charge on any atom is 0.356 e. The first-order valence-electron chi connectivity index (χ1n) is 2.71. The lowest BCUT2D eigenvalue weighted by atomic mass is 9.85. The van der Waals surface area contributed by atoms with Crippen molar-refractivity contribution < 1.29 is 13.9 Å². The van der Waals surface area contributed by atoms with Crippen molar-refractivity contribution in [1.82, 2.24) is 0 Å². The Morgan fingerprint density at radius 3 is 1.88 bits per heavy atom. The van der Waals surface area contributed by atoms with E-state index >= 15 is 0 Å². The molecular weight excluding hydrogens is 114 g/mol. The summed E-state index contributed by atoms with van der Waals surface area (Å²) in [6.07, 6.45) is -1.62. The molecule has 1 aliphatic rings. The quantitative estimate of drug-likeness (QED) is 0.557. The van der Waals surface area contributed by atoms with E-state index in [0.29, 0.717) is 12.8 Å². The number of rotatable bonds is 1. The molecule has 1 fully saturated rings. The van der Waals surface area contributed by atoms with Gasteiger partial charge in [-0.3, -0.25) is 0 Å². The Balaban J connectivity index is 2.34. The first kappa shape index (κ1) is 5.95. The van der Waals surface area contributed by atoms with Crippen molar-refractivity contribution in [3.63, 3.8) is 0 Å². The highest BCUT2D eigenvalue weighted by atomic mass is 19.3. The molecule has 3 heteroatoms. The summed E-state index contributed by atoms with van der Waals surface area (Å²) in [7, 11) is 0.